The lowest BCUT2D eigenvalue weighted by Crippen LogP contribution is -2.08. The normalized spacial score (nSPS) is 10.5. The van der Waals surface area contributed by atoms with Crippen LogP contribution in [0.15, 0.2) is 54.7 Å². The van der Waals surface area contributed by atoms with Crippen molar-refractivity contribution in [2.75, 3.05) is 6.61 Å². The summed E-state index contributed by atoms with van der Waals surface area (Å²) >= 11 is 0. The molecule has 0 unspecified atom stereocenters. The number of esters is 2. The predicted octanol–water partition coefficient (Wildman–Crippen LogP) is 3.56. The van der Waals surface area contributed by atoms with E-state index in [9.17, 15) is 9.59 Å². The summed E-state index contributed by atoms with van der Waals surface area (Å²) in [7, 11) is 0. The van der Waals surface area contributed by atoms with Gasteiger partial charge in [-0.05, 0) is 37.3 Å². The van der Waals surface area contributed by atoms with Crippen molar-refractivity contribution in [2.45, 2.75) is 6.92 Å². The maximum atomic E-state index is 12.3. The lowest BCUT2D eigenvalue weighted by atomic mass is 10.1. The third kappa shape index (κ3) is 3.08. The van der Waals surface area contributed by atoms with E-state index in [-0.39, 0.29) is 0 Å². The van der Waals surface area contributed by atoms with Gasteiger partial charge >= 0.3 is 11.9 Å². The summed E-state index contributed by atoms with van der Waals surface area (Å²) < 4.78 is 10.3. The van der Waals surface area contributed by atoms with Gasteiger partial charge in [0.1, 0.15) is 5.75 Å². The lowest BCUT2D eigenvalue weighted by molar-refractivity contribution is 0.0526. The average Bonchev–Trinajstić information content (AvgIpc) is 2.99. The molecule has 0 atom stereocenters. The molecular weight excluding hydrogens is 294 g/mol. The van der Waals surface area contributed by atoms with Gasteiger partial charge in [-0.2, -0.15) is 0 Å². The van der Waals surface area contributed by atoms with Crippen LogP contribution >= 0.6 is 0 Å². The van der Waals surface area contributed by atoms with E-state index >= 15 is 0 Å². The Morgan fingerprint density at radius 2 is 1.83 bits per heavy atom. The number of aromatic amines is 1. The third-order valence-corrected chi connectivity index (χ3v) is 3.37. The maximum absolute atomic E-state index is 12.3. The molecule has 2 aromatic carbocycles. The molecule has 1 heterocycles. The van der Waals surface area contributed by atoms with Gasteiger partial charge in [0, 0.05) is 17.1 Å². The fraction of sp³-hybridized carbons (Fsp3) is 0.111. The first kappa shape index (κ1) is 14.8. The molecule has 0 spiro atoms. The summed E-state index contributed by atoms with van der Waals surface area (Å²) in [5.41, 5.74) is 1.51. The van der Waals surface area contributed by atoms with Crippen molar-refractivity contribution < 1.29 is 19.1 Å². The number of hydrogen-bond donors (Lipinski definition) is 1. The Morgan fingerprint density at radius 3 is 2.57 bits per heavy atom. The molecule has 3 rings (SSSR count). The number of H-pyrrole nitrogens is 1. The molecule has 0 radical (unpaired) electrons. The van der Waals surface area contributed by atoms with Crippen LogP contribution in [0.1, 0.15) is 27.6 Å². The highest BCUT2D eigenvalue weighted by molar-refractivity contribution is 6.06. The monoisotopic (exact) mass is 309 g/mol. The number of benzene rings is 2. The Kier molecular flexibility index (Phi) is 4.10. The quantitative estimate of drug-likeness (QED) is 0.591. The highest BCUT2D eigenvalue weighted by atomic mass is 16.5. The van der Waals surface area contributed by atoms with E-state index in [2.05, 4.69) is 4.98 Å². The van der Waals surface area contributed by atoms with Gasteiger partial charge in [0.25, 0.3) is 0 Å². The molecule has 0 aliphatic carbocycles. The van der Waals surface area contributed by atoms with Crippen LogP contribution in [-0.4, -0.2) is 23.5 Å². The smallest absolute Gasteiger partial charge is 0.345 e. The van der Waals surface area contributed by atoms with Crippen LogP contribution in [0.5, 0.6) is 5.75 Å². The molecule has 23 heavy (non-hydrogen) atoms. The number of carbonyl (C=O) groups is 2. The van der Waals surface area contributed by atoms with Crippen molar-refractivity contribution in [3.8, 4) is 5.75 Å². The summed E-state index contributed by atoms with van der Waals surface area (Å²) in [4.78, 5) is 27.2. The first-order valence-corrected chi connectivity index (χ1v) is 7.24. The highest BCUT2D eigenvalue weighted by Crippen LogP contribution is 2.22. The van der Waals surface area contributed by atoms with E-state index < -0.39 is 11.9 Å². The van der Waals surface area contributed by atoms with Crippen molar-refractivity contribution in [2.24, 2.45) is 0 Å². The van der Waals surface area contributed by atoms with Gasteiger partial charge in [-0.3, -0.25) is 0 Å². The van der Waals surface area contributed by atoms with Crippen molar-refractivity contribution in [3.05, 3.63) is 65.9 Å². The van der Waals surface area contributed by atoms with Crippen LogP contribution in [0, 0.1) is 0 Å². The van der Waals surface area contributed by atoms with E-state index in [0.29, 0.717) is 28.9 Å². The molecule has 5 nitrogen and oxygen atoms in total. The number of aromatic nitrogens is 1. The molecule has 0 aliphatic heterocycles. The second kappa shape index (κ2) is 6.36. The fourth-order valence-corrected chi connectivity index (χ4v) is 2.28. The van der Waals surface area contributed by atoms with Gasteiger partial charge in [0.05, 0.1) is 17.7 Å². The molecule has 0 amide bonds. The molecule has 0 fully saturated rings. The van der Waals surface area contributed by atoms with E-state index in [4.69, 9.17) is 9.47 Å². The van der Waals surface area contributed by atoms with Gasteiger partial charge in [0.15, 0.2) is 0 Å². The number of hydrogen-bond acceptors (Lipinski definition) is 4. The minimum absolute atomic E-state index is 0.299. The fourth-order valence-electron chi connectivity index (χ4n) is 2.28. The Morgan fingerprint density at radius 1 is 1.04 bits per heavy atom. The topological polar surface area (TPSA) is 68.4 Å². The number of rotatable bonds is 4. The van der Waals surface area contributed by atoms with Gasteiger partial charge in [-0.15, -0.1) is 0 Å². The molecule has 5 heteroatoms. The van der Waals surface area contributed by atoms with Crippen LogP contribution in [0.4, 0.5) is 0 Å². The minimum Gasteiger partial charge on any atom is -0.462 e. The molecule has 0 saturated heterocycles. The van der Waals surface area contributed by atoms with Gasteiger partial charge in [-0.1, -0.05) is 18.2 Å². The first-order chi connectivity index (χ1) is 11.2. The van der Waals surface area contributed by atoms with Gasteiger partial charge in [-0.25, -0.2) is 9.59 Å². The molecular formula is C18H15NO4. The molecule has 1 aromatic heterocycles. The van der Waals surface area contributed by atoms with Gasteiger partial charge in [0.2, 0.25) is 0 Å². The largest absolute Gasteiger partial charge is 0.462 e. The first-order valence-electron chi connectivity index (χ1n) is 7.24. The van der Waals surface area contributed by atoms with Crippen LogP contribution in [0.25, 0.3) is 10.9 Å². The average molecular weight is 309 g/mol. The van der Waals surface area contributed by atoms with Crippen molar-refractivity contribution in [3.63, 3.8) is 0 Å². The van der Waals surface area contributed by atoms with Crippen LogP contribution < -0.4 is 4.74 Å². The van der Waals surface area contributed by atoms with Crippen LogP contribution in [0.3, 0.4) is 0 Å². The zero-order valence-electron chi connectivity index (χ0n) is 12.5. The summed E-state index contributed by atoms with van der Waals surface area (Å²) in [6, 6.07) is 13.9. The zero-order chi connectivity index (χ0) is 16.2. The molecule has 0 aliphatic rings. The Labute approximate surface area is 132 Å². The lowest BCUT2D eigenvalue weighted by Gasteiger charge is -2.04. The van der Waals surface area contributed by atoms with Crippen molar-refractivity contribution >= 4 is 22.8 Å². The molecule has 1 N–H and O–H groups in total. The summed E-state index contributed by atoms with van der Waals surface area (Å²) in [5.74, 6) is -0.435. The molecule has 116 valence electrons. The van der Waals surface area contributed by atoms with E-state index in [1.807, 2.05) is 6.07 Å². The Bertz CT molecular complexity index is 852. The molecule has 3 aromatic rings. The zero-order valence-corrected chi connectivity index (χ0v) is 12.5. The predicted molar refractivity (Wildman–Crippen MR) is 85.7 cm³/mol. The van der Waals surface area contributed by atoms with E-state index in [1.54, 1.807) is 55.6 Å². The van der Waals surface area contributed by atoms with Crippen LogP contribution in [-0.2, 0) is 4.74 Å². The van der Waals surface area contributed by atoms with Crippen molar-refractivity contribution in [1.82, 2.24) is 4.98 Å². The SMILES string of the molecule is CCOC(=O)c1ccc2[nH]cc(C(=O)Oc3ccccc3)c2c1. The number of fused-ring (bicyclic) bond motifs is 1. The summed E-state index contributed by atoms with van der Waals surface area (Å²) in [6.07, 6.45) is 1.57. The Balaban J connectivity index is 1.93. The molecule has 0 bridgehead atoms. The standard InChI is InChI=1S/C18H15NO4/c1-2-22-17(20)12-8-9-16-14(10-12)15(11-19-16)18(21)23-13-6-4-3-5-7-13/h3-11,19H,2H2,1H3. The van der Waals surface area contributed by atoms with E-state index in [1.165, 1.54) is 0 Å². The summed E-state index contributed by atoms with van der Waals surface area (Å²) in [6.45, 7) is 2.04. The van der Waals surface area contributed by atoms with Crippen LogP contribution in [0.2, 0.25) is 0 Å². The second-order valence-corrected chi connectivity index (χ2v) is 4.89. The highest BCUT2D eigenvalue weighted by Gasteiger charge is 2.16. The molecule has 0 saturated carbocycles. The van der Waals surface area contributed by atoms with Gasteiger partial charge < -0.3 is 14.5 Å². The number of para-hydroxylation sites is 1. The number of ether oxygens (including phenoxy) is 2. The minimum atomic E-state index is -0.483. The number of nitrogens with one attached hydrogen (secondary N) is 1. The maximum Gasteiger partial charge on any atom is 0.345 e. The third-order valence-electron chi connectivity index (χ3n) is 3.37. The van der Waals surface area contributed by atoms with E-state index in [0.717, 1.165) is 5.52 Å². The van der Waals surface area contributed by atoms with Crippen molar-refractivity contribution in [1.29, 1.82) is 0 Å². The number of carbonyl (C=O) groups excluding carboxylic acids is 2. The summed E-state index contributed by atoms with van der Waals surface area (Å²) in [5, 5.41) is 0.622. The Hall–Kier alpha value is -3.08. The second-order valence-electron chi connectivity index (χ2n) is 4.89.